The average Bonchev–Trinajstić information content (AvgIpc) is 2.51. The van der Waals surface area contributed by atoms with E-state index in [2.05, 4.69) is 5.32 Å². The molecule has 1 amide bonds. The largest absolute Gasteiger partial charge is 0.481 e. The molecule has 0 saturated heterocycles. The first-order valence-electron chi connectivity index (χ1n) is 6.90. The molecule has 1 unspecified atom stereocenters. The molecular weight excluding hydrogens is 321 g/mol. The first-order valence-corrected chi connectivity index (χ1v) is 7.28. The van der Waals surface area contributed by atoms with Gasteiger partial charge in [0.1, 0.15) is 11.6 Å². The van der Waals surface area contributed by atoms with E-state index in [-0.39, 0.29) is 16.6 Å². The van der Waals surface area contributed by atoms with E-state index in [4.69, 9.17) is 16.3 Å². The molecule has 4 nitrogen and oxygen atoms in total. The molecule has 0 aliphatic carbocycles. The molecule has 120 valence electrons. The number of hydrogen-bond donors (Lipinski definition) is 1. The van der Waals surface area contributed by atoms with Crippen molar-refractivity contribution in [1.29, 1.82) is 0 Å². The van der Waals surface area contributed by atoms with Crippen LogP contribution in [0, 0.1) is 5.82 Å². The van der Waals surface area contributed by atoms with Crippen molar-refractivity contribution in [2.75, 3.05) is 5.32 Å². The van der Waals surface area contributed by atoms with Gasteiger partial charge in [-0.15, -0.1) is 0 Å². The van der Waals surface area contributed by atoms with Crippen LogP contribution in [0.25, 0.3) is 0 Å². The summed E-state index contributed by atoms with van der Waals surface area (Å²) in [5.74, 6) is -0.758. The molecule has 0 spiro atoms. The second kappa shape index (κ2) is 7.24. The number of nitrogens with one attached hydrogen (secondary N) is 1. The van der Waals surface area contributed by atoms with E-state index in [0.717, 1.165) is 0 Å². The van der Waals surface area contributed by atoms with E-state index >= 15 is 0 Å². The Morgan fingerprint density at radius 1 is 1.22 bits per heavy atom. The Bertz CT molecular complexity index is 748. The van der Waals surface area contributed by atoms with Gasteiger partial charge in [0.2, 0.25) is 0 Å². The summed E-state index contributed by atoms with van der Waals surface area (Å²) in [6.45, 7) is 3.01. The quantitative estimate of drug-likeness (QED) is 0.837. The van der Waals surface area contributed by atoms with Crippen molar-refractivity contribution in [3.63, 3.8) is 0 Å². The number of ether oxygens (including phenoxy) is 1. The third kappa shape index (κ3) is 4.53. The van der Waals surface area contributed by atoms with E-state index in [1.54, 1.807) is 31.2 Å². The van der Waals surface area contributed by atoms with Crippen LogP contribution in [0.4, 0.5) is 10.1 Å². The Hall–Kier alpha value is -2.40. The molecule has 23 heavy (non-hydrogen) atoms. The van der Waals surface area contributed by atoms with Gasteiger partial charge in [0.05, 0.1) is 5.02 Å². The average molecular weight is 336 g/mol. The molecule has 0 radical (unpaired) electrons. The Kier molecular flexibility index (Phi) is 5.34. The highest BCUT2D eigenvalue weighted by Crippen LogP contribution is 2.22. The predicted molar refractivity (Wildman–Crippen MR) is 86.6 cm³/mol. The highest BCUT2D eigenvalue weighted by atomic mass is 35.5. The molecule has 2 aromatic rings. The van der Waals surface area contributed by atoms with Gasteiger partial charge in [0, 0.05) is 17.3 Å². The van der Waals surface area contributed by atoms with Crippen LogP contribution in [0.1, 0.15) is 24.2 Å². The third-order valence-electron chi connectivity index (χ3n) is 3.11. The van der Waals surface area contributed by atoms with E-state index in [1.165, 1.54) is 25.1 Å². The van der Waals surface area contributed by atoms with Gasteiger partial charge in [-0.1, -0.05) is 23.7 Å². The normalized spacial score (nSPS) is 11.7. The lowest BCUT2D eigenvalue weighted by molar-refractivity contribution is -0.122. The van der Waals surface area contributed by atoms with E-state index in [0.29, 0.717) is 11.3 Å². The summed E-state index contributed by atoms with van der Waals surface area (Å²) in [6.07, 6.45) is -0.822. The molecule has 1 atom stereocenters. The van der Waals surface area contributed by atoms with Crippen molar-refractivity contribution < 1.29 is 18.7 Å². The van der Waals surface area contributed by atoms with Crippen LogP contribution in [0.5, 0.6) is 5.75 Å². The first kappa shape index (κ1) is 17.0. The Morgan fingerprint density at radius 3 is 2.61 bits per heavy atom. The lowest BCUT2D eigenvalue weighted by atomic mass is 10.1. The van der Waals surface area contributed by atoms with Crippen molar-refractivity contribution in [1.82, 2.24) is 0 Å². The van der Waals surface area contributed by atoms with Crippen LogP contribution in [-0.4, -0.2) is 17.8 Å². The van der Waals surface area contributed by atoms with Gasteiger partial charge in [-0.3, -0.25) is 9.59 Å². The number of benzene rings is 2. The van der Waals surface area contributed by atoms with Crippen LogP contribution >= 0.6 is 11.6 Å². The fraction of sp³-hybridized carbons (Fsp3) is 0.176. The zero-order valence-electron chi connectivity index (χ0n) is 12.6. The number of carbonyl (C=O) groups is 2. The summed E-state index contributed by atoms with van der Waals surface area (Å²) < 4.78 is 18.5. The van der Waals surface area contributed by atoms with E-state index in [9.17, 15) is 14.0 Å². The predicted octanol–water partition coefficient (Wildman–Crippen LogP) is 4.09. The molecule has 0 aliphatic heterocycles. The van der Waals surface area contributed by atoms with Crippen molar-refractivity contribution in [3.05, 3.63) is 58.9 Å². The van der Waals surface area contributed by atoms with Gasteiger partial charge >= 0.3 is 0 Å². The summed E-state index contributed by atoms with van der Waals surface area (Å²) in [6, 6.07) is 10.5. The van der Waals surface area contributed by atoms with Crippen LogP contribution in [-0.2, 0) is 4.79 Å². The minimum atomic E-state index is -0.822. The smallest absolute Gasteiger partial charge is 0.265 e. The van der Waals surface area contributed by atoms with Crippen LogP contribution in [0.15, 0.2) is 42.5 Å². The van der Waals surface area contributed by atoms with Crippen LogP contribution < -0.4 is 10.1 Å². The monoisotopic (exact) mass is 335 g/mol. The summed E-state index contributed by atoms with van der Waals surface area (Å²) >= 11 is 5.67. The molecule has 0 aliphatic rings. The van der Waals surface area contributed by atoms with Gasteiger partial charge < -0.3 is 10.1 Å². The second-order valence-electron chi connectivity index (χ2n) is 4.96. The highest BCUT2D eigenvalue weighted by molar-refractivity contribution is 6.30. The van der Waals surface area contributed by atoms with E-state index < -0.39 is 17.8 Å². The topological polar surface area (TPSA) is 55.4 Å². The molecule has 0 bridgehead atoms. The molecule has 0 heterocycles. The standard InChI is InChI=1S/C17H15ClFNO3/c1-10(21)12-4-3-5-13(8-12)20-17(22)11(2)23-14-6-7-16(19)15(18)9-14/h3-9,11H,1-2H3,(H,20,22). The summed E-state index contributed by atoms with van der Waals surface area (Å²) in [4.78, 5) is 23.5. The minimum Gasteiger partial charge on any atom is -0.481 e. The molecule has 0 fully saturated rings. The number of hydrogen-bond acceptors (Lipinski definition) is 3. The molecule has 1 N–H and O–H groups in total. The van der Waals surface area contributed by atoms with Crippen molar-refractivity contribution >= 4 is 29.0 Å². The van der Waals surface area contributed by atoms with Crippen LogP contribution in [0.3, 0.4) is 0 Å². The summed E-state index contributed by atoms with van der Waals surface area (Å²) in [5.41, 5.74) is 0.997. The zero-order chi connectivity index (χ0) is 17.0. The SMILES string of the molecule is CC(=O)c1cccc(NC(=O)C(C)Oc2ccc(F)c(Cl)c2)c1. The molecular formula is C17H15ClFNO3. The minimum absolute atomic E-state index is 0.0794. The summed E-state index contributed by atoms with van der Waals surface area (Å²) in [5, 5.41) is 2.58. The van der Waals surface area contributed by atoms with Crippen molar-refractivity contribution in [2.24, 2.45) is 0 Å². The highest BCUT2D eigenvalue weighted by Gasteiger charge is 2.16. The fourth-order valence-electron chi connectivity index (χ4n) is 1.87. The number of amides is 1. The third-order valence-corrected chi connectivity index (χ3v) is 3.40. The molecule has 2 aromatic carbocycles. The maximum Gasteiger partial charge on any atom is 0.265 e. The van der Waals surface area contributed by atoms with Gasteiger partial charge in [-0.25, -0.2) is 4.39 Å². The molecule has 2 rings (SSSR count). The van der Waals surface area contributed by atoms with Crippen LogP contribution in [0.2, 0.25) is 5.02 Å². The Labute approximate surface area is 138 Å². The Morgan fingerprint density at radius 2 is 1.96 bits per heavy atom. The van der Waals surface area contributed by atoms with Gasteiger partial charge in [-0.2, -0.15) is 0 Å². The maximum absolute atomic E-state index is 13.1. The number of carbonyl (C=O) groups excluding carboxylic acids is 2. The van der Waals surface area contributed by atoms with Crippen molar-refractivity contribution in [3.8, 4) is 5.75 Å². The first-order chi connectivity index (χ1) is 10.9. The van der Waals surface area contributed by atoms with Crippen molar-refractivity contribution in [2.45, 2.75) is 20.0 Å². The lowest BCUT2D eigenvalue weighted by Gasteiger charge is -2.15. The number of anilines is 1. The zero-order valence-corrected chi connectivity index (χ0v) is 13.4. The van der Waals surface area contributed by atoms with E-state index in [1.807, 2.05) is 0 Å². The second-order valence-corrected chi connectivity index (χ2v) is 5.37. The number of rotatable bonds is 5. The van der Waals surface area contributed by atoms with Gasteiger partial charge in [-0.05, 0) is 38.1 Å². The molecule has 0 saturated carbocycles. The van der Waals surface area contributed by atoms with Gasteiger partial charge in [0.25, 0.3) is 5.91 Å². The number of Topliss-reactive ketones (excluding diaryl/α,β-unsaturated/α-hetero) is 1. The number of halogens is 2. The number of ketones is 1. The lowest BCUT2D eigenvalue weighted by Crippen LogP contribution is -2.30. The van der Waals surface area contributed by atoms with Gasteiger partial charge in [0.15, 0.2) is 11.9 Å². The maximum atomic E-state index is 13.1. The molecule has 6 heteroatoms. The molecule has 0 aromatic heterocycles. The summed E-state index contributed by atoms with van der Waals surface area (Å²) in [7, 11) is 0. The Balaban J connectivity index is 2.03. The fourth-order valence-corrected chi connectivity index (χ4v) is 2.04.